The van der Waals surface area contributed by atoms with Gasteiger partial charge in [-0.05, 0) is 12.5 Å². The summed E-state index contributed by atoms with van der Waals surface area (Å²) in [5.74, 6) is 0.147. The second-order valence-electron chi connectivity index (χ2n) is 5.14. The first-order chi connectivity index (χ1) is 10.1. The second-order valence-corrected chi connectivity index (χ2v) is 5.14. The number of benzene rings is 1. The molecule has 0 atom stereocenters. The molecule has 3 rings (SSSR count). The Bertz CT molecular complexity index is 787. The van der Waals surface area contributed by atoms with E-state index in [1.807, 2.05) is 13.1 Å². The van der Waals surface area contributed by atoms with Gasteiger partial charge in [0.2, 0.25) is 5.95 Å². The number of aromatic nitrogens is 4. The molecule has 0 aliphatic rings. The highest BCUT2D eigenvalue weighted by Gasteiger charge is 2.18. The number of rotatable bonds is 4. The molecule has 0 fully saturated rings. The topological polar surface area (TPSA) is 61.7 Å². The molecule has 0 saturated heterocycles. The molecule has 2 aromatic heterocycles. The summed E-state index contributed by atoms with van der Waals surface area (Å²) in [7, 11) is 1.86. The maximum Gasteiger partial charge on any atom is 0.202 e. The molecule has 110 valence electrons. The fraction of sp³-hybridized carbons (Fsp3) is 0.333. The Morgan fingerprint density at radius 2 is 2.05 bits per heavy atom. The molecule has 0 amide bonds. The Morgan fingerprint density at radius 1 is 1.29 bits per heavy atom. The van der Waals surface area contributed by atoms with Gasteiger partial charge in [0.15, 0.2) is 5.65 Å². The summed E-state index contributed by atoms with van der Waals surface area (Å²) in [6.45, 7) is 2.44. The van der Waals surface area contributed by atoms with Crippen molar-refractivity contribution in [2.24, 2.45) is 7.05 Å². The van der Waals surface area contributed by atoms with E-state index in [0.29, 0.717) is 18.1 Å². The van der Waals surface area contributed by atoms with Crippen molar-refractivity contribution in [3.63, 3.8) is 0 Å². The highest BCUT2D eigenvalue weighted by atomic mass is 19.1. The molecule has 6 heteroatoms. The van der Waals surface area contributed by atoms with E-state index in [9.17, 15) is 4.39 Å². The molecule has 0 aliphatic carbocycles. The van der Waals surface area contributed by atoms with Gasteiger partial charge in [0.05, 0.1) is 12.2 Å². The molecule has 1 aromatic carbocycles. The molecule has 2 heterocycles. The van der Waals surface area contributed by atoms with E-state index in [1.165, 1.54) is 6.07 Å². The average molecular weight is 287 g/mol. The third-order valence-electron chi connectivity index (χ3n) is 3.59. The minimum Gasteiger partial charge on any atom is -0.369 e. The lowest BCUT2D eigenvalue weighted by Crippen LogP contribution is -2.09. The van der Waals surface area contributed by atoms with Crippen LogP contribution in [0.1, 0.15) is 24.6 Å². The third kappa shape index (κ3) is 2.26. The summed E-state index contributed by atoms with van der Waals surface area (Å²) in [4.78, 5) is 4.41. The summed E-state index contributed by atoms with van der Waals surface area (Å²) in [6, 6.07) is 6.69. The lowest BCUT2D eigenvalue weighted by Gasteiger charge is -2.07. The average Bonchev–Trinajstić information content (AvgIpc) is 2.92. The van der Waals surface area contributed by atoms with Gasteiger partial charge in [-0.3, -0.25) is 9.25 Å². The van der Waals surface area contributed by atoms with E-state index in [1.54, 1.807) is 21.4 Å². The van der Waals surface area contributed by atoms with Crippen molar-refractivity contribution in [3.8, 4) is 0 Å². The Morgan fingerprint density at radius 3 is 2.76 bits per heavy atom. The van der Waals surface area contributed by atoms with Gasteiger partial charge in [-0.15, -0.1) is 0 Å². The van der Waals surface area contributed by atoms with Crippen LogP contribution in [0.15, 0.2) is 24.3 Å². The van der Waals surface area contributed by atoms with Crippen LogP contribution in [-0.2, 0) is 20.0 Å². The summed E-state index contributed by atoms with van der Waals surface area (Å²) >= 11 is 0. The fourth-order valence-electron chi connectivity index (χ4n) is 2.62. The van der Waals surface area contributed by atoms with Gasteiger partial charge in [-0.1, -0.05) is 31.5 Å². The van der Waals surface area contributed by atoms with Crippen LogP contribution in [-0.4, -0.2) is 19.3 Å². The molecule has 5 nitrogen and oxygen atoms in total. The van der Waals surface area contributed by atoms with Gasteiger partial charge in [-0.25, -0.2) is 9.37 Å². The summed E-state index contributed by atoms with van der Waals surface area (Å²) in [6.07, 6.45) is 1.85. The summed E-state index contributed by atoms with van der Waals surface area (Å²) in [5, 5.41) is 4.49. The van der Waals surface area contributed by atoms with Crippen molar-refractivity contribution < 1.29 is 4.39 Å². The van der Waals surface area contributed by atoms with Crippen molar-refractivity contribution in [3.05, 3.63) is 41.3 Å². The number of imidazole rings is 1. The van der Waals surface area contributed by atoms with Crippen molar-refractivity contribution in [1.82, 2.24) is 19.3 Å². The SMILES string of the molecule is CCCc1nn(C)c2c1nc(N)n2Cc1ccccc1F. The Labute approximate surface area is 122 Å². The molecular formula is C15H18FN5. The minimum atomic E-state index is -0.241. The lowest BCUT2D eigenvalue weighted by atomic mass is 10.2. The van der Waals surface area contributed by atoms with Crippen molar-refractivity contribution in [2.45, 2.75) is 26.3 Å². The predicted molar refractivity (Wildman–Crippen MR) is 80.4 cm³/mol. The quantitative estimate of drug-likeness (QED) is 0.802. The lowest BCUT2D eigenvalue weighted by molar-refractivity contribution is 0.600. The van der Waals surface area contributed by atoms with Crippen LogP contribution in [0.2, 0.25) is 0 Å². The molecule has 0 saturated carbocycles. The molecule has 0 unspecified atom stereocenters. The molecule has 0 radical (unpaired) electrons. The van der Waals surface area contributed by atoms with Crippen LogP contribution >= 0.6 is 0 Å². The van der Waals surface area contributed by atoms with Gasteiger partial charge in [0.1, 0.15) is 11.3 Å². The largest absolute Gasteiger partial charge is 0.369 e. The number of aryl methyl sites for hydroxylation is 2. The van der Waals surface area contributed by atoms with Crippen molar-refractivity contribution in [1.29, 1.82) is 0 Å². The maximum atomic E-state index is 13.8. The number of nitrogens with zero attached hydrogens (tertiary/aromatic N) is 4. The number of hydrogen-bond acceptors (Lipinski definition) is 3. The Hall–Kier alpha value is -2.37. The highest BCUT2D eigenvalue weighted by molar-refractivity contribution is 5.78. The zero-order chi connectivity index (χ0) is 15.0. The van der Waals surface area contributed by atoms with E-state index in [-0.39, 0.29) is 5.82 Å². The Balaban J connectivity index is 2.10. The number of nitrogen functional groups attached to an aromatic ring is 1. The first kappa shape index (κ1) is 13.6. The molecule has 0 bridgehead atoms. The normalized spacial score (nSPS) is 11.4. The van der Waals surface area contributed by atoms with Crippen molar-refractivity contribution >= 4 is 17.1 Å². The molecule has 0 aliphatic heterocycles. The summed E-state index contributed by atoms with van der Waals surface area (Å²) < 4.78 is 17.4. The number of halogens is 1. The number of hydrogen-bond donors (Lipinski definition) is 1. The third-order valence-corrected chi connectivity index (χ3v) is 3.59. The van der Waals surface area contributed by atoms with E-state index < -0.39 is 0 Å². The van der Waals surface area contributed by atoms with Crippen LogP contribution in [0.5, 0.6) is 0 Å². The second kappa shape index (κ2) is 5.20. The van der Waals surface area contributed by atoms with Crippen LogP contribution in [0, 0.1) is 5.82 Å². The smallest absolute Gasteiger partial charge is 0.202 e. The zero-order valence-corrected chi connectivity index (χ0v) is 12.2. The van der Waals surface area contributed by atoms with E-state index in [0.717, 1.165) is 29.7 Å². The Kier molecular flexibility index (Phi) is 3.37. The van der Waals surface area contributed by atoms with Crippen LogP contribution < -0.4 is 5.73 Å². The standard InChI is InChI=1S/C15H18FN5/c1-3-6-12-13-14(20(2)19-12)21(15(17)18-13)9-10-7-4-5-8-11(10)16/h4-5,7-8H,3,6,9H2,1-2H3,(H2,17,18). The minimum absolute atomic E-state index is 0.241. The first-order valence-electron chi connectivity index (χ1n) is 7.02. The zero-order valence-electron chi connectivity index (χ0n) is 12.2. The predicted octanol–water partition coefficient (Wildman–Crippen LogP) is 2.49. The van der Waals surface area contributed by atoms with Crippen LogP contribution in [0.4, 0.5) is 10.3 Å². The van der Waals surface area contributed by atoms with E-state index in [4.69, 9.17) is 5.73 Å². The first-order valence-corrected chi connectivity index (χ1v) is 7.02. The summed E-state index contributed by atoms with van der Waals surface area (Å²) in [5.41, 5.74) is 9.19. The number of fused-ring (bicyclic) bond motifs is 1. The highest BCUT2D eigenvalue weighted by Crippen LogP contribution is 2.23. The number of nitrogens with two attached hydrogens (primary N) is 1. The maximum absolute atomic E-state index is 13.8. The van der Waals surface area contributed by atoms with Crippen LogP contribution in [0.25, 0.3) is 11.2 Å². The molecule has 3 aromatic rings. The number of anilines is 1. The monoisotopic (exact) mass is 287 g/mol. The van der Waals surface area contributed by atoms with Gasteiger partial charge in [0, 0.05) is 12.6 Å². The molecule has 21 heavy (non-hydrogen) atoms. The van der Waals surface area contributed by atoms with Crippen LogP contribution in [0.3, 0.4) is 0 Å². The molecule has 2 N–H and O–H groups in total. The van der Waals surface area contributed by atoms with Gasteiger partial charge >= 0.3 is 0 Å². The van der Waals surface area contributed by atoms with Gasteiger partial charge < -0.3 is 5.73 Å². The van der Waals surface area contributed by atoms with Crippen molar-refractivity contribution in [2.75, 3.05) is 5.73 Å². The molecule has 0 spiro atoms. The van der Waals surface area contributed by atoms with E-state index >= 15 is 0 Å². The van der Waals surface area contributed by atoms with Gasteiger partial charge in [0.25, 0.3) is 0 Å². The van der Waals surface area contributed by atoms with E-state index in [2.05, 4.69) is 17.0 Å². The molecular weight excluding hydrogens is 269 g/mol. The fourth-order valence-corrected chi connectivity index (χ4v) is 2.62. The van der Waals surface area contributed by atoms with Gasteiger partial charge in [-0.2, -0.15) is 5.10 Å².